The lowest BCUT2D eigenvalue weighted by atomic mass is 9.68. The van der Waals surface area contributed by atoms with Crippen LogP contribution in [0.4, 0.5) is 0 Å². The summed E-state index contributed by atoms with van der Waals surface area (Å²) in [5, 5.41) is 0. The van der Waals surface area contributed by atoms with Gasteiger partial charge in [-0.2, -0.15) is 0 Å². The first-order chi connectivity index (χ1) is 5.81. The molecule has 0 radical (unpaired) electrons. The van der Waals surface area contributed by atoms with Crippen molar-refractivity contribution in [2.45, 2.75) is 44.9 Å². The Morgan fingerprint density at radius 3 is 2.75 bits per heavy atom. The Bertz CT molecular complexity index is 217. The predicted molar refractivity (Wildman–Crippen MR) is 48.9 cm³/mol. The van der Waals surface area contributed by atoms with Crippen molar-refractivity contribution in [2.75, 3.05) is 0 Å². The van der Waals surface area contributed by atoms with E-state index in [1.807, 2.05) is 0 Å². The van der Waals surface area contributed by atoms with Gasteiger partial charge in [-0.1, -0.05) is 12.2 Å². The molecule has 1 saturated carbocycles. The van der Waals surface area contributed by atoms with Gasteiger partial charge in [-0.25, -0.2) is 0 Å². The van der Waals surface area contributed by atoms with Gasteiger partial charge in [-0.15, -0.1) is 0 Å². The minimum atomic E-state index is 0.299. The van der Waals surface area contributed by atoms with Gasteiger partial charge in [-0.05, 0) is 37.5 Å². The first kappa shape index (κ1) is 8.03. The Morgan fingerprint density at radius 1 is 1.25 bits per heavy atom. The van der Waals surface area contributed by atoms with E-state index in [2.05, 4.69) is 12.2 Å². The topological polar surface area (TPSA) is 17.1 Å². The fourth-order valence-corrected chi connectivity index (χ4v) is 2.55. The van der Waals surface area contributed by atoms with Crippen molar-refractivity contribution in [3.63, 3.8) is 0 Å². The van der Waals surface area contributed by atoms with Gasteiger partial charge in [0.2, 0.25) is 0 Å². The van der Waals surface area contributed by atoms with E-state index >= 15 is 0 Å². The van der Waals surface area contributed by atoms with Gasteiger partial charge in [-0.3, -0.25) is 4.79 Å². The molecule has 0 bridgehead atoms. The van der Waals surface area contributed by atoms with Crippen molar-refractivity contribution in [1.82, 2.24) is 0 Å². The molecule has 1 heteroatoms. The van der Waals surface area contributed by atoms with Crippen LogP contribution in [-0.2, 0) is 4.79 Å². The van der Waals surface area contributed by atoms with Crippen molar-refractivity contribution in [3.05, 3.63) is 12.2 Å². The number of hydrogen-bond donors (Lipinski definition) is 0. The fraction of sp³-hybridized carbons (Fsp3) is 0.727. The maximum absolute atomic E-state index is 11.3. The molecule has 1 atom stereocenters. The summed E-state index contributed by atoms with van der Waals surface area (Å²) in [6.45, 7) is 0. The molecule has 0 heterocycles. The Kier molecular flexibility index (Phi) is 2.03. The monoisotopic (exact) mass is 164 g/mol. The molecule has 0 aliphatic heterocycles. The van der Waals surface area contributed by atoms with Crippen LogP contribution in [0.1, 0.15) is 44.9 Å². The van der Waals surface area contributed by atoms with Crippen LogP contribution in [0.15, 0.2) is 12.2 Å². The first-order valence-corrected chi connectivity index (χ1v) is 5.00. The fourth-order valence-electron chi connectivity index (χ4n) is 2.55. The minimum absolute atomic E-state index is 0.299. The largest absolute Gasteiger partial charge is 0.300 e. The van der Waals surface area contributed by atoms with Crippen LogP contribution in [0.5, 0.6) is 0 Å². The van der Waals surface area contributed by atoms with Crippen molar-refractivity contribution in [1.29, 1.82) is 0 Å². The number of Topliss-reactive ketones (excluding diaryl/α,β-unsaturated/α-hetero) is 1. The van der Waals surface area contributed by atoms with E-state index in [0.29, 0.717) is 11.2 Å². The minimum Gasteiger partial charge on any atom is -0.300 e. The highest BCUT2D eigenvalue weighted by atomic mass is 16.1. The second-order valence-electron chi connectivity index (χ2n) is 4.23. The third-order valence-corrected chi connectivity index (χ3v) is 3.20. The summed E-state index contributed by atoms with van der Waals surface area (Å²) < 4.78 is 0. The highest BCUT2D eigenvalue weighted by Gasteiger charge is 2.33. The Balaban J connectivity index is 2.12. The number of carbonyl (C=O) groups is 1. The molecule has 0 aromatic heterocycles. The maximum atomic E-state index is 11.3. The third-order valence-electron chi connectivity index (χ3n) is 3.20. The SMILES string of the molecule is O=C1CCC[C@]2(C=CCCC2)C1. The van der Waals surface area contributed by atoms with Crippen molar-refractivity contribution < 1.29 is 4.79 Å². The van der Waals surface area contributed by atoms with Crippen LogP contribution in [0.25, 0.3) is 0 Å². The molecule has 12 heavy (non-hydrogen) atoms. The molecule has 2 rings (SSSR count). The molecule has 1 fully saturated rings. The highest BCUT2D eigenvalue weighted by Crippen LogP contribution is 2.42. The summed E-state index contributed by atoms with van der Waals surface area (Å²) in [5.74, 6) is 0.479. The normalized spacial score (nSPS) is 35.8. The van der Waals surface area contributed by atoms with Gasteiger partial charge in [0.25, 0.3) is 0 Å². The molecular weight excluding hydrogens is 148 g/mol. The van der Waals surface area contributed by atoms with E-state index in [1.54, 1.807) is 0 Å². The molecule has 0 N–H and O–H groups in total. The molecule has 2 aliphatic carbocycles. The smallest absolute Gasteiger partial charge is 0.133 e. The molecule has 0 aromatic rings. The van der Waals surface area contributed by atoms with Crippen molar-refractivity contribution in [2.24, 2.45) is 5.41 Å². The molecular formula is C11H16O. The van der Waals surface area contributed by atoms with Gasteiger partial charge in [0.05, 0.1) is 0 Å². The number of carbonyl (C=O) groups excluding carboxylic acids is 1. The van der Waals surface area contributed by atoms with Gasteiger partial charge in [0.15, 0.2) is 0 Å². The highest BCUT2D eigenvalue weighted by molar-refractivity contribution is 5.80. The predicted octanol–water partition coefficient (Wildman–Crippen LogP) is 2.86. The number of ketones is 1. The standard InChI is InChI=1S/C11H16O/c12-10-5-4-8-11(9-10)6-2-1-3-7-11/h2,6H,1,3-5,7-9H2/t11-/m1/s1. The van der Waals surface area contributed by atoms with E-state index < -0.39 is 0 Å². The van der Waals surface area contributed by atoms with Gasteiger partial charge >= 0.3 is 0 Å². The molecule has 1 spiro atoms. The quantitative estimate of drug-likeness (QED) is 0.503. The van der Waals surface area contributed by atoms with E-state index in [-0.39, 0.29) is 0 Å². The molecule has 66 valence electrons. The van der Waals surface area contributed by atoms with Crippen LogP contribution in [0.2, 0.25) is 0 Å². The second-order valence-corrected chi connectivity index (χ2v) is 4.23. The summed E-state index contributed by atoms with van der Waals surface area (Å²) >= 11 is 0. The summed E-state index contributed by atoms with van der Waals surface area (Å²) in [6, 6.07) is 0. The zero-order valence-electron chi connectivity index (χ0n) is 7.51. The van der Waals surface area contributed by atoms with E-state index in [4.69, 9.17) is 0 Å². The van der Waals surface area contributed by atoms with E-state index in [9.17, 15) is 4.79 Å². The van der Waals surface area contributed by atoms with Crippen LogP contribution >= 0.6 is 0 Å². The number of allylic oxidation sites excluding steroid dienone is 2. The van der Waals surface area contributed by atoms with Crippen LogP contribution in [0.3, 0.4) is 0 Å². The van der Waals surface area contributed by atoms with Crippen LogP contribution in [0, 0.1) is 5.41 Å². The summed E-state index contributed by atoms with van der Waals surface area (Å²) in [5.41, 5.74) is 0.299. The molecule has 0 amide bonds. The lowest BCUT2D eigenvalue weighted by Crippen LogP contribution is -2.28. The van der Waals surface area contributed by atoms with Gasteiger partial charge < -0.3 is 0 Å². The zero-order valence-corrected chi connectivity index (χ0v) is 7.51. The second kappa shape index (κ2) is 3.04. The summed E-state index contributed by atoms with van der Waals surface area (Å²) in [6.07, 6.45) is 12.3. The average molecular weight is 164 g/mol. The van der Waals surface area contributed by atoms with Crippen molar-refractivity contribution in [3.8, 4) is 0 Å². The molecule has 0 saturated heterocycles. The van der Waals surface area contributed by atoms with Crippen LogP contribution < -0.4 is 0 Å². The van der Waals surface area contributed by atoms with E-state index in [1.165, 1.54) is 25.7 Å². The summed E-state index contributed by atoms with van der Waals surface area (Å²) in [7, 11) is 0. The Labute approximate surface area is 73.8 Å². The third kappa shape index (κ3) is 1.45. The maximum Gasteiger partial charge on any atom is 0.133 e. The zero-order chi connectivity index (χ0) is 8.44. The molecule has 1 nitrogen and oxygen atoms in total. The van der Waals surface area contributed by atoms with Gasteiger partial charge in [0.1, 0.15) is 5.78 Å². The first-order valence-electron chi connectivity index (χ1n) is 5.00. The average Bonchev–Trinajstić information content (AvgIpc) is 2.05. The van der Waals surface area contributed by atoms with Gasteiger partial charge in [0, 0.05) is 12.8 Å². The number of rotatable bonds is 0. The molecule has 2 aliphatic rings. The lowest BCUT2D eigenvalue weighted by Gasteiger charge is -2.35. The lowest BCUT2D eigenvalue weighted by molar-refractivity contribution is -0.122. The number of hydrogen-bond acceptors (Lipinski definition) is 1. The Hall–Kier alpha value is -0.590. The van der Waals surface area contributed by atoms with Crippen molar-refractivity contribution >= 4 is 5.78 Å². The molecule has 0 aromatic carbocycles. The molecule has 0 unspecified atom stereocenters. The summed E-state index contributed by atoms with van der Waals surface area (Å²) in [4.78, 5) is 11.3. The van der Waals surface area contributed by atoms with E-state index in [0.717, 1.165) is 19.3 Å². The Morgan fingerprint density at radius 2 is 2.08 bits per heavy atom. The van der Waals surface area contributed by atoms with Crippen LogP contribution in [-0.4, -0.2) is 5.78 Å².